The van der Waals surface area contributed by atoms with Gasteiger partial charge in [-0.1, -0.05) is 0 Å². The van der Waals surface area contributed by atoms with Crippen LogP contribution in [0.3, 0.4) is 0 Å². The van der Waals surface area contributed by atoms with Gasteiger partial charge in [0.05, 0.1) is 5.54 Å². The zero-order valence-corrected chi connectivity index (χ0v) is 12.4. The van der Waals surface area contributed by atoms with E-state index in [0.717, 1.165) is 32.5 Å². The molecule has 4 N–H and O–H groups in total. The van der Waals surface area contributed by atoms with Crippen LogP contribution < -0.4 is 11.5 Å². The van der Waals surface area contributed by atoms with Crippen molar-refractivity contribution >= 4 is 5.91 Å². The summed E-state index contributed by atoms with van der Waals surface area (Å²) in [5.41, 5.74) is 10.2. The van der Waals surface area contributed by atoms with E-state index in [-0.39, 0.29) is 0 Å². The van der Waals surface area contributed by atoms with E-state index in [0.29, 0.717) is 6.42 Å². The van der Waals surface area contributed by atoms with E-state index in [1.807, 2.05) is 0 Å². The van der Waals surface area contributed by atoms with Crippen molar-refractivity contribution < 1.29 is 4.79 Å². The predicted molar refractivity (Wildman–Crippen MR) is 76.3 cm³/mol. The molecule has 1 unspecified atom stereocenters. The van der Waals surface area contributed by atoms with Gasteiger partial charge in [0, 0.05) is 0 Å². The number of carbonyl (C=O) groups excluding carboxylic acids is 1. The Morgan fingerprint density at radius 2 is 1.61 bits per heavy atom. The molecule has 0 rings (SSSR count). The predicted octanol–water partition coefficient (Wildman–Crippen LogP) is 0.243. The van der Waals surface area contributed by atoms with Gasteiger partial charge in [-0.25, -0.2) is 0 Å². The van der Waals surface area contributed by atoms with E-state index >= 15 is 0 Å². The average Bonchev–Trinajstić information content (AvgIpc) is 2.23. The molecule has 108 valence electrons. The van der Waals surface area contributed by atoms with Crippen LogP contribution in [0.15, 0.2) is 0 Å². The molecule has 5 nitrogen and oxygen atoms in total. The van der Waals surface area contributed by atoms with Gasteiger partial charge in [-0.3, -0.25) is 4.79 Å². The molecule has 1 atom stereocenters. The molecule has 0 spiro atoms. The number of carbonyl (C=O) groups is 1. The van der Waals surface area contributed by atoms with Crippen LogP contribution in [-0.4, -0.2) is 62.0 Å². The number of nitrogens with zero attached hydrogens (tertiary/aromatic N) is 2. The van der Waals surface area contributed by atoms with Gasteiger partial charge in [0.2, 0.25) is 5.91 Å². The Labute approximate surface area is 111 Å². The molecule has 0 saturated carbocycles. The molecule has 0 aromatic carbocycles. The van der Waals surface area contributed by atoms with Gasteiger partial charge in [-0.2, -0.15) is 0 Å². The lowest BCUT2D eigenvalue weighted by molar-refractivity contribution is -0.122. The molecular weight excluding hydrogens is 228 g/mol. The lowest BCUT2D eigenvalue weighted by atomic mass is 9.95. The van der Waals surface area contributed by atoms with Crippen LogP contribution in [0, 0.1) is 0 Å². The van der Waals surface area contributed by atoms with Crippen molar-refractivity contribution in [1.82, 2.24) is 9.80 Å². The summed E-state index contributed by atoms with van der Waals surface area (Å²) < 4.78 is 0. The number of rotatable bonds is 10. The van der Waals surface area contributed by atoms with Gasteiger partial charge in [0.1, 0.15) is 0 Å². The van der Waals surface area contributed by atoms with E-state index in [1.165, 1.54) is 6.42 Å². The Hall–Kier alpha value is -0.650. The summed E-state index contributed by atoms with van der Waals surface area (Å²) in [4.78, 5) is 15.6. The van der Waals surface area contributed by atoms with E-state index in [9.17, 15) is 4.79 Å². The Morgan fingerprint density at radius 1 is 1.06 bits per heavy atom. The minimum absolute atomic E-state index is 0.415. The van der Waals surface area contributed by atoms with Crippen molar-refractivity contribution in [3.63, 3.8) is 0 Å². The zero-order chi connectivity index (χ0) is 14.2. The normalized spacial score (nSPS) is 15.1. The van der Waals surface area contributed by atoms with Gasteiger partial charge >= 0.3 is 0 Å². The van der Waals surface area contributed by atoms with Crippen LogP contribution in [0.25, 0.3) is 0 Å². The summed E-state index contributed by atoms with van der Waals surface area (Å²) in [6, 6.07) is 0. The highest BCUT2D eigenvalue weighted by Gasteiger charge is 2.24. The van der Waals surface area contributed by atoms with Crippen LogP contribution in [0.5, 0.6) is 0 Å². The molecule has 0 saturated heterocycles. The van der Waals surface area contributed by atoms with Crippen molar-refractivity contribution in [2.45, 2.75) is 38.1 Å². The Balaban J connectivity index is 3.57. The first-order chi connectivity index (χ1) is 8.25. The van der Waals surface area contributed by atoms with E-state index < -0.39 is 11.4 Å². The minimum Gasteiger partial charge on any atom is -0.368 e. The van der Waals surface area contributed by atoms with Crippen LogP contribution in [0.2, 0.25) is 0 Å². The molecule has 18 heavy (non-hydrogen) atoms. The third kappa shape index (κ3) is 8.44. The Bertz CT molecular complexity index is 241. The van der Waals surface area contributed by atoms with Gasteiger partial charge in [-0.05, 0) is 73.4 Å². The molecule has 0 aromatic heterocycles. The maximum Gasteiger partial charge on any atom is 0.237 e. The lowest BCUT2D eigenvalue weighted by Gasteiger charge is -2.21. The molecule has 0 aliphatic carbocycles. The first kappa shape index (κ1) is 17.4. The summed E-state index contributed by atoms with van der Waals surface area (Å²) in [7, 11) is 6.31. The van der Waals surface area contributed by atoms with E-state index in [2.05, 4.69) is 30.9 Å². The number of unbranched alkanes of at least 4 members (excludes halogenated alkanes) is 1. The van der Waals surface area contributed by atoms with Crippen molar-refractivity contribution in [2.75, 3.05) is 40.8 Å². The fourth-order valence-electron chi connectivity index (χ4n) is 1.77. The number of hydrogen-bond donors (Lipinski definition) is 2. The van der Waals surface area contributed by atoms with Crippen LogP contribution in [0.1, 0.15) is 32.6 Å². The molecule has 0 fully saturated rings. The molecule has 0 radical (unpaired) electrons. The second-order valence-electron chi connectivity index (χ2n) is 5.70. The fraction of sp³-hybridized carbons (Fsp3) is 0.923. The molecule has 0 heterocycles. The molecule has 0 aliphatic heterocycles. The number of primary amides is 1. The number of amides is 1. The summed E-state index contributed by atoms with van der Waals surface area (Å²) in [6.07, 6.45) is 3.83. The standard InChI is InChI=1S/C13H30N4O/c1-13(15,12(14)18)8-5-6-10-17(4)11-7-9-16(2)3/h5-11,15H2,1-4H3,(H2,14,18). The molecule has 0 bridgehead atoms. The van der Waals surface area contributed by atoms with Gasteiger partial charge < -0.3 is 21.3 Å². The number of hydrogen-bond acceptors (Lipinski definition) is 4. The zero-order valence-electron chi connectivity index (χ0n) is 12.4. The summed E-state index contributed by atoms with van der Waals surface area (Å²) in [5.74, 6) is -0.415. The third-order valence-corrected chi connectivity index (χ3v) is 3.19. The third-order valence-electron chi connectivity index (χ3n) is 3.19. The van der Waals surface area contributed by atoms with E-state index in [4.69, 9.17) is 11.5 Å². The van der Waals surface area contributed by atoms with Crippen molar-refractivity contribution in [2.24, 2.45) is 11.5 Å². The largest absolute Gasteiger partial charge is 0.368 e. The van der Waals surface area contributed by atoms with Gasteiger partial charge in [-0.15, -0.1) is 0 Å². The SMILES string of the molecule is CN(C)CCCN(C)CCCCC(C)(N)C(N)=O. The van der Waals surface area contributed by atoms with Crippen LogP contribution in [-0.2, 0) is 4.79 Å². The maximum absolute atomic E-state index is 11.0. The van der Waals surface area contributed by atoms with Gasteiger partial charge in [0.25, 0.3) is 0 Å². The fourth-order valence-corrected chi connectivity index (χ4v) is 1.77. The monoisotopic (exact) mass is 258 g/mol. The average molecular weight is 258 g/mol. The quantitative estimate of drug-likeness (QED) is 0.551. The highest BCUT2D eigenvalue weighted by Crippen LogP contribution is 2.10. The first-order valence-electron chi connectivity index (χ1n) is 6.68. The van der Waals surface area contributed by atoms with Crippen LogP contribution in [0.4, 0.5) is 0 Å². The van der Waals surface area contributed by atoms with Crippen molar-refractivity contribution in [3.8, 4) is 0 Å². The topological polar surface area (TPSA) is 75.6 Å². The molecule has 1 amide bonds. The van der Waals surface area contributed by atoms with Crippen molar-refractivity contribution in [3.05, 3.63) is 0 Å². The second kappa shape index (κ2) is 8.45. The van der Waals surface area contributed by atoms with Crippen molar-refractivity contribution in [1.29, 1.82) is 0 Å². The number of nitrogens with two attached hydrogens (primary N) is 2. The second-order valence-corrected chi connectivity index (χ2v) is 5.70. The molecule has 0 aliphatic rings. The highest BCUT2D eigenvalue weighted by molar-refractivity contribution is 5.83. The summed E-state index contributed by atoms with van der Waals surface area (Å²) >= 11 is 0. The smallest absolute Gasteiger partial charge is 0.237 e. The minimum atomic E-state index is -0.858. The summed E-state index contributed by atoms with van der Waals surface area (Å²) in [5, 5.41) is 0. The van der Waals surface area contributed by atoms with E-state index in [1.54, 1.807) is 6.92 Å². The molecule has 5 heteroatoms. The molecular formula is C13H30N4O. The van der Waals surface area contributed by atoms with Crippen LogP contribution >= 0.6 is 0 Å². The maximum atomic E-state index is 11.0. The van der Waals surface area contributed by atoms with Gasteiger partial charge in [0.15, 0.2) is 0 Å². The Morgan fingerprint density at radius 3 is 2.11 bits per heavy atom. The first-order valence-corrected chi connectivity index (χ1v) is 6.68. The highest BCUT2D eigenvalue weighted by atomic mass is 16.1. The Kier molecular flexibility index (Phi) is 8.15. The lowest BCUT2D eigenvalue weighted by Crippen LogP contribution is -2.49. The summed E-state index contributed by atoms with van der Waals surface area (Å²) in [6.45, 7) is 4.97. The molecule has 0 aromatic rings.